The zero-order valence-corrected chi connectivity index (χ0v) is 41.5. The fourth-order valence-electron chi connectivity index (χ4n) is 7.08. The van der Waals surface area contributed by atoms with Crippen LogP contribution < -0.4 is 32.0 Å². The van der Waals surface area contributed by atoms with Gasteiger partial charge < -0.3 is 84.6 Å². The Morgan fingerprint density at radius 2 is 1.25 bits per heavy atom. The van der Waals surface area contributed by atoms with E-state index >= 15 is 0 Å². The summed E-state index contributed by atoms with van der Waals surface area (Å²) in [6.07, 6.45) is -1.88. The van der Waals surface area contributed by atoms with E-state index in [1.165, 1.54) is 30.3 Å². The molecule has 1 aliphatic heterocycles. The van der Waals surface area contributed by atoms with Gasteiger partial charge in [-0.2, -0.15) is 0 Å². The highest BCUT2D eigenvalue weighted by Gasteiger charge is 2.25. The maximum absolute atomic E-state index is 12.6. The number of carbonyl (C=O) groups is 8. The summed E-state index contributed by atoms with van der Waals surface area (Å²) in [5.74, 6) is -4.27. The van der Waals surface area contributed by atoms with Crippen LogP contribution in [-0.2, 0) is 57.1 Å². The number of phenolic OH excluding ortho intramolecular Hbond substituents is 1. The van der Waals surface area contributed by atoms with E-state index in [4.69, 9.17) is 37.9 Å². The molecule has 5 amide bonds. The topological polar surface area (TPSA) is 372 Å². The number of rotatable bonds is 39. The average molecular weight is 1070 g/mol. The number of hydrogen-bond donors (Lipinski definition) is 9. The van der Waals surface area contributed by atoms with Crippen molar-refractivity contribution >= 4 is 64.8 Å². The van der Waals surface area contributed by atoms with E-state index in [1.54, 1.807) is 24.3 Å². The molecule has 26 heteroatoms. The minimum atomic E-state index is -1.44. The fourth-order valence-corrected chi connectivity index (χ4v) is 7.08. The maximum atomic E-state index is 12.6. The quantitative estimate of drug-likeness (QED) is 0.0134. The molecule has 0 aromatic heterocycles. The molecule has 2 aliphatic rings. The van der Waals surface area contributed by atoms with Crippen molar-refractivity contribution in [2.45, 2.75) is 57.2 Å². The summed E-state index contributed by atoms with van der Waals surface area (Å²) in [5.41, 5.74) is 1.34. The second-order valence-corrected chi connectivity index (χ2v) is 16.4. The number of carboxylic acid groups (broad SMARTS) is 3. The van der Waals surface area contributed by atoms with Crippen LogP contribution in [0.4, 0.5) is 15.3 Å². The number of ketones is 1. The number of benzene rings is 3. The molecule has 0 saturated carbocycles. The third kappa shape index (κ3) is 22.8. The summed E-state index contributed by atoms with van der Waals surface area (Å²) in [7, 11) is 0. The number of carbonyl (C=O) groups excluding carboxylic acids is 5. The third-order valence-electron chi connectivity index (χ3n) is 10.7. The van der Waals surface area contributed by atoms with E-state index in [0.717, 1.165) is 0 Å². The van der Waals surface area contributed by atoms with Crippen LogP contribution in [0.1, 0.15) is 55.3 Å². The summed E-state index contributed by atoms with van der Waals surface area (Å²) in [6, 6.07) is 10.0. The van der Waals surface area contributed by atoms with Crippen molar-refractivity contribution in [3.63, 3.8) is 0 Å². The van der Waals surface area contributed by atoms with Crippen LogP contribution >= 0.6 is 0 Å². The molecule has 0 spiro atoms. The molecule has 2 aromatic rings. The van der Waals surface area contributed by atoms with Gasteiger partial charge in [0, 0.05) is 73.1 Å². The Morgan fingerprint density at radius 3 is 1.87 bits per heavy atom. The van der Waals surface area contributed by atoms with Crippen LogP contribution in [0.5, 0.6) is 5.75 Å². The predicted molar refractivity (Wildman–Crippen MR) is 267 cm³/mol. The summed E-state index contributed by atoms with van der Waals surface area (Å²) >= 11 is 0. The number of hydrogen-bond acceptors (Lipinski definition) is 18. The highest BCUT2D eigenvalue weighted by atomic mass is 16.6. The number of urea groups is 2. The smallest absolute Gasteiger partial charge is 0.336 e. The number of Topliss-reactive ketones (excluding diaryl/α,β-unsaturated/α-hetero) is 1. The molecule has 4 rings (SSSR count). The lowest BCUT2D eigenvalue weighted by molar-refractivity contribution is -0.141. The molecular weight excluding hydrogens is 1010 g/mol. The molecule has 0 fully saturated rings. The minimum Gasteiger partial charge on any atom is -0.508 e. The lowest BCUT2D eigenvalue weighted by Crippen LogP contribution is -2.49. The van der Waals surface area contributed by atoms with Gasteiger partial charge in [0.2, 0.25) is 5.91 Å². The van der Waals surface area contributed by atoms with Crippen molar-refractivity contribution in [1.29, 1.82) is 0 Å². The molecule has 0 radical (unpaired) electrons. The monoisotopic (exact) mass is 1070 g/mol. The van der Waals surface area contributed by atoms with Crippen molar-refractivity contribution in [3.8, 4) is 28.2 Å². The van der Waals surface area contributed by atoms with E-state index in [1.807, 2.05) is 0 Å². The SMILES string of the molecule is O=CO[C@H](CCC(=O)O)NC(=O)N[C@@H](CCC(=O)CCCNC(=O)CCOCCOCCOCCOCCOCCOCCNC(=O)Nc1ccc(-c2c3ccc(=O)cc-3oc3cc(O)ccc23)c(C(=O)O)c1)C(=O)O. The van der Waals surface area contributed by atoms with Crippen molar-refractivity contribution in [1.82, 2.24) is 21.3 Å². The van der Waals surface area contributed by atoms with Crippen LogP contribution in [0.3, 0.4) is 0 Å². The zero-order chi connectivity index (χ0) is 55.1. The summed E-state index contributed by atoms with van der Waals surface area (Å²) in [5, 5.41) is 51.1. The van der Waals surface area contributed by atoms with Gasteiger partial charge >= 0.3 is 30.0 Å². The van der Waals surface area contributed by atoms with Gasteiger partial charge in [0.05, 0.1) is 91.3 Å². The first-order valence-electron chi connectivity index (χ1n) is 24.1. The minimum absolute atomic E-state index is 0.0146. The Morgan fingerprint density at radius 1 is 0.618 bits per heavy atom. The fraction of sp³-hybridized carbons (Fsp3) is 0.460. The largest absolute Gasteiger partial charge is 0.508 e. The Balaban J connectivity index is 0.923. The average Bonchev–Trinajstić information content (AvgIpc) is 3.37. The van der Waals surface area contributed by atoms with Gasteiger partial charge in [-0.15, -0.1) is 0 Å². The number of phenols is 1. The van der Waals surface area contributed by atoms with Crippen LogP contribution in [-0.4, -0.2) is 173 Å². The van der Waals surface area contributed by atoms with Crippen molar-refractivity contribution < 1.29 is 96.4 Å². The van der Waals surface area contributed by atoms with E-state index in [9.17, 15) is 58.5 Å². The van der Waals surface area contributed by atoms with E-state index in [0.29, 0.717) is 81.4 Å². The zero-order valence-electron chi connectivity index (χ0n) is 41.5. The number of carboxylic acids is 3. The van der Waals surface area contributed by atoms with Crippen molar-refractivity contribution in [2.24, 2.45) is 0 Å². The van der Waals surface area contributed by atoms with Gasteiger partial charge in [-0.1, -0.05) is 6.07 Å². The Kier molecular flexibility index (Phi) is 27.2. The number of aliphatic carboxylic acids is 2. The number of nitrogens with one attached hydrogen (secondary N) is 5. The Labute approximate surface area is 434 Å². The van der Waals surface area contributed by atoms with Crippen LogP contribution in [0.25, 0.3) is 33.4 Å². The molecule has 26 nitrogen and oxygen atoms in total. The molecule has 0 bridgehead atoms. The second kappa shape index (κ2) is 33.9. The molecule has 0 saturated heterocycles. The number of ether oxygens (including phenoxy) is 7. The molecule has 9 N–H and O–H groups in total. The van der Waals surface area contributed by atoms with Gasteiger partial charge in [0.1, 0.15) is 28.9 Å². The lowest BCUT2D eigenvalue weighted by Gasteiger charge is -2.19. The van der Waals surface area contributed by atoms with Crippen molar-refractivity contribution in [2.75, 3.05) is 97.7 Å². The third-order valence-corrected chi connectivity index (χ3v) is 10.7. The van der Waals surface area contributed by atoms with Gasteiger partial charge in [-0.3, -0.25) is 24.0 Å². The first-order chi connectivity index (χ1) is 36.6. The first-order valence-corrected chi connectivity index (χ1v) is 24.1. The number of aromatic hydroxyl groups is 1. The molecular formula is C50H63N5O21. The standard InChI is InChI=1S/C50H63N5O21/c56-31-75-44(11-12-45(61)62)55-50(68)54-40(48(65)66)10-6-33(57)2-1-14-51-43(60)13-16-69-18-20-71-22-24-73-26-27-74-25-23-72-21-19-70-17-15-52-49(67)53-32-3-7-36(39(28-32)47(63)64)46-37-8-4-34(58)29-41(37)76-42-30-35(59)5-9-38(42)46/h3-5,7-9,28-31,40,44,58H,1-2,6,10-27H2,(H,51,60)(H,61,62)(H,63,64)(H,65,66)(H2,52,53,67)(H2,54,55,68)/t40-,44+/m0/s1. The number of anilines is 1. The van der Waals surface area contributed by atoms with Crippen LogP contribution in [0, 0.1) is 0 Å². The number of amides is 5. The lowest BCUT2D eigenvalue weighted by atomic mass is 9.90. The Hall–Kier alpha value is -7.75. The summed E-state index contributed by atoms with van der Waals surface area (Å²) in [6.45, 7) is 3.90. The van der Waals surface area contributed by atoms with Crippen molar-refractivity contribution in [3.05, 3.63) is 70.4 Å². The van der Waals surface area contributed by atoms with Gasteiger partial charge in [-0.25, -0.2) is 19.2 Å². The van der Waals surface area contributed by atoms with Gasteiger partial charge in [0.15, 0.2) is 11.7 Å². The molecule has 76 heavy (non-hydrogen) atoms. The number of aromatic carboxylic acids is 1. The Bertz CT molecular complexity index is 2570. The van der Waals surface area contributed by atoms with Gasteiger partial charge in [-0.05, 0) is 54.8 Å². The molecule has 1 heterocycles. The van der Waals surface area contributed by atoms with Crippen LogP contribution in [0.15, 0.2) is 63.8 Å². The normalized spacial score (nSPS) is 11.8. The molecule has 0 unspecified atom stereocenters. The number of fused-ring (bicyclic) bond motifs is 2. The highest BCUT2D eigenvalue weighted by molar-refractivity contribution is 6.08. The highest BCUT2D eigenvalue weighted by Crippen LogP contribution is 2.42. The maximum Gasteiger partial charge on any atom is 0.336 e. The first kappa shape index (κ1) is 60.8. The molecule has 414 valence electrons. The predicted octanol–water partition coefficient (Wildman–Crippen LogP) is 2.94. The van der Waals surface area contributed by atoms with E-state index in [2.05, 4.69) is 31.3 Å². The van der Waals surface area contributed by atoms with E-state index < -0.39 is 48.7 Å². The molecule has 2 atom stereocenters. The second-order valence-electron chi connectivity index (χ2n) is 16.4. The van der Waals surface area contributed by atoms with Crippen LogP contribution in [0.2, 0.25) is 0 Å². The molecule has 1 aliphatic carbocycles. The summed E-state index contributed by atoms with van der Waals surface area (Å²) in [4.78, 5) is 107. The van der Waals surface area contributed by atoms with E-state index in [-0.39, 0.29) is 124 Å². The molecule has 2 aromatic carbocycles. The summed E-state index contributed by atoms with van der Waals surface area (Å²) < 4.78 is 43.2. The van der Waals surface area contributed by atoms with Gasteiger partial charge in [0.25, 0.3) is 6.47 Å².